The maximum Gasteiger partial charge on any atom is 0.328 e. The second-order valence-electron chi connectivity index (χ2n) is 9.70. The lowest BCUT2D eigenvalue weighted by atomic mass is 9.86. The minimum atomic E-state index is -0.737. The number of amides is 2. The molecular weight excluding hydrogens is 380 g/mol. The monoisotopic (exact) mass is 418 g/mol. The van der Waals surface area contributed by atoms with Gasteiger partial charge in [-0.2, -0.15) is 0 Å². The number of carbonyl (C=O) groups is 3. The average molecular weight is 419 g/mol. The van der Waals surface area contributed by atoms with Crippen LogP contribution in [-0.4, -0.2) is 37.0 Å². The first-order valence-electron chi connectivity index (χ1n) is 10.6. The Balaban J connectivity index is 2.95. The summed E-state index contributed by atoms with van der Waals surface area (Å²) in [5, 5.41) is 5.60. The maximum absolute atomic E-state index is 12.9. The minimum absolute atomic E-state index is 0.00557. The molecule has 0 aliphatic heterocycles. The van der Waals surface area contributed by atoms with Crippen molar-refractivity contribution in [3.05, 3.63) is 35.4 Å². The molecule has 0 saturated heterocycles. The molecule has 0 aromatic heterocycles. The molecule has 0 saturated carbocycles. The number of hydrogen-bond acceptors (Lipinski definition) is 4. The van der Waals surface area contributed by atoms with Gasteiger partial charge >= 0.3 is 5.97 Å². The Kier molecular flexibility index (Phi) is 9.53. The molecule has 0 spiro atoms. The molecule has 0 aliphatic rings. The molecule has 0 bridgehead atoms. The quantitative estimate of drug-likeness (QED) is 0.597. The van der Waals surface area contributed by atoms with Crippen molar-refractivity contribution < 1.29 is 19.1 Å². The molecular formula is C24H38N2O4. The van der Waals surface area contributed by atoms with E-state index in [2.05, 4.69) is 31.4 Å². The fraction of sp³-hybridized carbons (Fsp3) is 0.625. The molecule has 6 nitrogen and oxygen atoms in total. The van der Waals surface area contributed by atoms with Crippen molar-refractivity contribution in [2.24, 2.45) is 11.8 Å². The molecule has 1 rings (SSSR count). The minimum Gasteiger partial charge on any atom is -0.467 e. The number of methoxy groups -OCH3 is 1. The van der Waals surface area contributed by atoms with Crippen LogP contribution in [0.5, 0.6) is 0 Å². The van der Waals surface area contributed by atoms with Gasteiger partial charge in [-0.3, -0.25) is 9.59 Å². The van der Waals surface area contributed by atoms with E-state index < -0.39 is 18.1 Å². The summed E-state index contributed by atoms with van der Waals surface area (Å²) < 4.78 is 4.82. The Bertz CT molecular complexity index is 718. The zero-order valence-corrected chi connectivity index (χ0v) is 19.7. The standard InChI is InChI=1S/C24H38N2O4/c1-15(2)13-19(22(28)26-20(14-16(3)4)23(29)30-8)25-21(27)17-9-11-18(12-10-17)24(5,6)7/h9-12,15-16,19-20H,13-14H2,1-8H3,(H,25,27)(H,26,28)/t19-,20-/m1/s1. The van der Waals surface area contributed by atoms with Crippen LogP contribution in [0.25, 0.3) is 0 Å². The molecule has 0 fully saturated rings. The number of benzene rings is 1. The first-order valence-corrected chi connectivity index (χ1v) is 10.6. The maximum atomic E-state index is 12.9. The van der Waals surface area contributed by atoms with Crippen molar-refractivity contribution in [1.29, 1.82) is 0 Å². The fourth-order valence-electron chi connectivity index (χ4n) is 3.17. The molecule has 30 heavy (non-hydrogen) atoms. The van der Waals surface area contributed by atoms with E-state index in [0.29, 0.717) is 18.4 Å². The van der Waals surface area contributed by atoms with Crippen molar-refractivity contribution in [2.45, 2.75) is 78.8 Å². The summed E-state index contributed by atoms with van der Waals surface area (Å²) in [6.45, 7) is 14.2. The summed E-state index contributed by atoms with van der Waals surface area (Å²) in [6.07, 6.45) is 0.933. The van der Waals surface area contributed by atoms with Gasteiger partial charge in [-0.25, -0.2) is 4.79 Å². The van der Waals surface area contributed by atoms with Crippen molar-refractivity contribution in [2.75, 3.05) is 7.11 Å². The van der Waals surface area contributed by atoms with E-state index in [0.717, 1.165) is 5.56 Å². The number of esters is 1. The van der Waals surface area contributed by atoms with Crippen LogP contribution >= 0.6 is 0 Å². The van der Waals surface area contributed by atoms with Gasteiger partial charge in [0, 0.05) is 5.56 Å². The van der Waals surface area contributed by atoms with Gasteiger partial charge in [0.1, 0.15) is 12.1 Å². The van der Waals surface area contributed by atoms with Crippen LogP contribution in [0.3, 0.4) is 0 Å². The van der Waals surface area contributed by atoms with Crippen molar-refractivity contribution in [1.82, 2.24) is 10.6 Å². The van der Waals surface area contributed by atoms with Gasteiger partial charge in [0.2, 0.25) is 5.91 Å². The van der Waals surface area contributed by atoms with E-state index in [9.17, 15) is 14.4 Å². The van der Waals surface area contributed by atoms with E-state index in [-0.39, 0.29) is 29.1 Å². The number of carbonyl (C=O) groups excluding carboxylic acids is 3. The van der Waals surface area contributed by atoms with Crippen LogP contribution in [0.2, 0.25) is 0 Å². The third kappa shape index (κ3) is 8.17. The smallest absolute Gasteiger partial charge is 0.328 e. The van der Waals surface area contributed by atoms with Gasteiger partial charge in [0.15, 0.2) is 0 Å². The van der Waals surface area contributed by atoms with Gasteiger partial charge in [-0.05, 0) is 47.8 Å². The van der Waals surface area contributed by atoms with Crippen LogP contribution in [0.1, 0.15) is 77.2 Å². The predicted molar refractivity (Wildman–Crippen MR) is 119 cm³/mol. The largest absolute Gasteiger partial charge is 0.467 e. The van der Waals surface area contributed by atoms with E-state index in [1.165, 1.54) is 7.11 Å². The Morgan fingerprint density at radius 1 is 0.867 bits per heavy atom. The van der Waals surface area contributed by atoms with Crippen LogP contribution in [0.15, 0.2) is 24.3 Å². The number of nitrogens with one attached hydrogen (secondary N) is 2. The molecule has 1 aromatic carbocycles. The first kappa shape index (κ1) is 25.7. The molecule has 6 heteroatoms. The summed E-state index contributed by atoms with van der Waals surface area (Å²) in [5.41, 5.74) is 1.62. The highest BCUT2D eigenvalue weighted by molar-refractivity contribution is 5.98. The van der Waals surface area contributed by atoms with E-state index in [4.69, 9.17) is 4.74 Å². The van der Waals surface area contributed by atoms with E-state index >= 15 is 0 Å². The molecule has 2 N–H and O–H groups in total. The summed E-state index contributed by atoms with van der Waals surface area (Å²) in [4.78, 5) is 37.7. The third-order valence-corrected chi connectivity index (χ3v) is 4.85. The van der Waals surface area contributed by atoms with E-state index in [1.807, 2.05) is 39.8 Å². The molecule has 1 aromatic rings. The molecule has 168 valence electrons. The van der Waals surface area contributed by atoms with Gasteiger partial charge in [0.25, 0.3) is 5.91 Å². The highest BCUT2D eigenvalue weighted by atomic mass is 16.5. The van der Waals surface area contributed by atoms with Crippen molar-refractivity contribution in [3.63, 3.8) is 0 Å². The molecule has 0 heterocycles. The highest BCUT2D eigenvalue weighted by Crippen LogP contribution is 2.22. The van der Waals surface area contributed by atoms with Gasteiger partial charge < -0.3 is 15.4 Å². The Labute approximate surface area is 181 Å². The Hall–Kier alpha value is -2.37. The lowest BCUT2D eigenvalue weighted by molar-refractivity contribution is -0.145. The number of rotatable bonds is 9. The van der Waals surface area contributed by atoms with Crippen LogP contribution < -0.4 is 10.6 Å². The van der Waals surface area contributed by atoms with Gasteiger partial charge in [-0.1, -0.05) is 60.6 Å². The summed E-state index contributed by atoms with van der Waals surface area (Å²) in [7, 11) is 1.30. The Morgan fingerprint density at radius 3 is 1.80 bits per heavy atom. The molecule has 0 aliphatic carbocycles. The average Bonchev–Trinajstić information content (AvgIpc) is 2.64. The van der Waals surface area contributed by atoms with Crippen LogP contribution in [0, 0.1) is 11.8 Å². The zero-order valence-electron chi connectivity index (χ0n) is 19.7. The number of ether oxygens (including phenoxy) is 1. The Morgan fingerprint density at radius 2 is 1.37 bits per heavy atom. The lowest BCUT2D eigenvalue weighted by Crippen LogP contribution is -2.52. The predicted octanol–water partition coefficient (Wildman–Crippen LogP) is 3.83. The second kappa shape index (κ2) is 11.1. The molecule has 2 atom stereocenters. The SMILES string of the molecule is COC(=O)[C@@H](CC(C)C)NC(=O)[C@@H](CC(C)C)NC(=O)c1ccc(C(C)(C)C)cc1. The summed E-state index contributed by atoms with van der Waals surface area (Å²) in [6, 6.07) is 5.94. The summed E-state index contributed by atoms with van der Waals surface area (Å²) >= 11 is 0. The first-order chi connectivity index (χ1) is 13.8. The van der Waals surface area contributed by atoms with Crippen LogP contribution in [-0.2, 0) is 19.7 Å². The fourth-order valence-corrected chi connectivity index (χ4v) is 3.17. The number of hydrogen-bond donors (Lipinski definition) is 2. The van der Waals surface area contributed by atoms with Gasteiger partial charge in [-0.15, -0.1) is 0 Å². The normalized spacial score (nSPS) is 13.7. The molecule has 0 radical (unpaired) electrons. The van der Waals surface area contributed by atoms with Crippen molar-refractivity contribution in [3.8, 4) is 0 Å². The van der Waals surface area contributed by atoms with Crippen LogP contribution in [0.4, 0.5) is 0 Å². The lowest BCUT2D eigenvalue weighted by Gasteiger charge is -2.24. The van der Waals surface area contributed by atoms with Crippen molar-refractivity contribution >= 4 is 17.8 Å². The third-order valence-electron chi connectivity index (χ3n) is 4.85. The molecule has 2 amide bonds. The van der Waals surface area contributed by atoms with Gasteiger partial charge in [0.05, 0.1) is 7.11 Å². The second-order valence-corrected chi connectivity index (χ2v) is 9.70. The summed E-state index contributed by atoms with van der Waals surface area (Å²) in [5.74, 6) is -0.779. The molecule has 0 unspecified atom stereocenters. The zero-order chi connectivity index (χ0) is 23.1. The van der Waals surface area contributed by atoms with E-state index in [1.54, 1.807) is 12.1 Å². The topological polar surface area (TPSA) is 84.5 Å². The highest BCUT2D eigenvalue weighted by Gasteiger charge is 2.28.